The minimum atomic E-state index is -1.28. The fraction of sp³-hybridized carbons (Fsp3) is 0.312. The zero-order chi connectivity index (χ0) is 16.3. The number of hydrogen-bond donors (Lipinski definition) is 1. The number of carboxylic acids is 1. The number of carbonyl (C=O) groups is 1. The van der Waals surface area contributed by atoms with Gasteiger partial charge in [-0.2, -0.15) is 10.2 Å². The fourth-order valence-electron chi connectivity index (χ4n) is 1.91. The van der Waals surface area contributed by atoms with Gasteiger partial charge in [0.15, 0.2) is 0 Å². The highest BCUT2D eigenvalue weighted by molar-refractivity contribution is 5.96. The fourth-order valence-corrected chi connectivity index (χ4v) is 1.91. The Labute approximate surface area is 128 Å². The van der Waals surface area contributed by atoms with E-state index >= 15 is 0 Å². The van der Waals surface area contributed by atoms with Gasteiger partial charge in [0.05, 0.1) is 6.61 Å². The van der Waals surface area contributed by atoms with Crippen LogP contribution in [-0.2, 0) is 4.79 Å². The molecule has 0 aliphatic heterocycles. The third-order valence-electron chi connectivity index (χ3n) is 2.97. The van der Waals surface area contributed by atoms with E-state index in [2.05, 4.69) is 4.98 Å². The molecule has 0 aliphatic rings. The Hall–Kier alpha value is -2.81. The predicted octanol–water partition coefficient (Wildman–Crippen LogP) is 2.67. The van der Waals surface area contributed by atoms with Gasteiger partial charge >= 0.3 is 5.97 Å². The van der Waals surface area contributed by atoms with Crippen molar-refractivity contribution in [3.05, 3.63) is 35.2 Å². The van der Waals surface area contributed by atoms with Gasteiger partial charge in [-0.1, -0.05) is 13.8 Å². The highest BCUT2D eigenvalue weighted by Gasteiger charge is 2.16. The van der Waals surface area contributed by atoms with Gasteiger partial charge in [-0.3, -0.25) is 4.40 Å². The van der Waals surface area contributed by atoms with Gasteiger partial charge in [0.1, 0.15) is 23.0 Å². The van der Waals surface area contributed by atoms with E-state index in [1.165, 1.54) is 6.08 Å². The summed E-state index contributed by atoms with van der Waals surface area (Å²) in [7, 11) is 0. The summed E-state index contributed by atoms with van der Waals surface area (Å²) in [6, 6.07) is 5.42. The molecule has 0 fully saturated rings. The average molecular weight is 299 g/mol. The largest absolute Gasteiger partial charge is 0.477 e. The maximum atomic E-state index is 11.1. The Balaban J connectivity index is 2.59. The molecule has 0 atom stereocenters. The predicted molar refractivity (Wildman–Crippen MR) is 81.5 cm³/mol. The van der Waals surface area contributed by atoms with E-state index < -0.39 is 5.97 Å². The van der Waals surface area contributed by atoms with Crippen molar-refractivity contribution in [1.29, 1.82) is 5.26 Å². The lowest BCUT2D eigenvalue weighted by Crippen LogP contribution is -2.06. The standard InChI is InChI=1S/C16H17N3O3/c1-10(2)9-22-15-13(7-12(8-17)16(20)21)19-5-4-11(3)6-14(19)18-15/h4-7,10H,9H2,1-3H3,(H,20,21). The van der Waals surface area contributed by atoms with Crippen LogP contribution >= 0.6 is 0 Å². The van der Waals surface area contributed by atoms with E-state index in [4.69, 9.17) is 15.1 Å². The highest BCUT2D eigenvalue weighted by Crippen LogP contribution is 2.24. The first-order valence-corrected chi connectivity index (χ1v) is 6.89. The van der Waals surface area contributed by atoms with E-state index in [-0.39, 0.29) is 5.57 Å². The summed E-state index contributed by atoms with van der Waals surface area (Å²) in [5.41, 5.74) is 1.77. The second-order valence-corrected chi connectivity index (χ2v) is 5.41. The Bertz CT molecular complexity index is 782. The number of ether oxygens (including phenoxy) is 1. The molecule has 114 valence electrons. The molecule has 0 aliphatic carbocycles. The molecule has 0 bridgehead atoms. The first kappa shape index (κ1) is 15.6. The van der Waals surface area contributed by atoms with Crippen molar-refractivity contribution < 1.29 is 14.6 Å². The summed E-state index contributed by atoms with van der Waals surface area (Å²) in [5.74, 6) is -0.647. The number of fused-ring (bicyclic) bond motifs is 1. The van der Waals surface area contributed by atoms with Gasteiger partial charge in [0.2, 0.25) is 5.88 Å². The van der Waals surface area contributed by atoms with Crippen molar-refractivity contribution in [3.8, 4) is 11.9 Å². The Morgan fingerprint density at radius 1 is 1.59 bits per heavy atom. The number of hydrogen-bond acceptors (Lipinski definition) is 4. The molecular weight excluding hydrogens is 282 g/mol. The summed E-state index contributed by atoms with van der Waals surface area (Å²) < 4.78 is 7.38. The molecule has 1 N–H and O–H groups in total. The van der Waals surface area contributed by atoms with Crippen LogP contribution in [0.1, 0.15) is 25.1 Å². The van der Waals surface area contributed by atoms with Crippen LogP contribution in [0.25, 0.3) is 11.7 Å². The van der Waals surface area contributed by atoms with E-state index in [1.807, 2.05) is 32.9 Å². The lowest BCUT2D eigenvalue weighted by molar-refractivity contribution is -0.132. The third-order valence-corrected chi connectivity index (χ3v) is 2.97. The minimum Gasteiger partial charge on any atom is -0.477 e. The maximum Gasteiger partial charge on any atom is 0.346 e. The van der Waals surface area contributed by atoms with Gasteiger partial charge in [0, 0.05) is 6.20 Å². The lowest BCUT2D eigenvalue weighted by Gasteiger charge is -2.06. The van der Waals surface area contributed by atoms with Crippen molar-refractivity contribution >= 4 is 17.7 Å². The van der Waals surface area contributed by atoms with E-state index in [0.29, 0.717) is 29.7 Å². The summed E-state index contributed by atoms with van der Waals surface area (Å²) in [5, 5.41) is 18.0. The zero-order valence-electron chi connectivity index (χ0n) is 12.7. The van der Waals surface area contributed by atoms with Crippen molar-refractivity contribution in [2.24, 2.45) is 5.92 Å². The molecule has 0 aromatic carbocycles. The van der Waals surface area contributed by atoms with Crippen LogP contribution in [0.4, 0.5) is 0 Å². The third kappa shape index (κ3) is 3.26. The van der Waals surface area contributed by atoms with Gasteiger partial charge in [-0.15, -0.1) is 0 Å². The van der Waals surface area contributed by atoms with E-state index in [1.54, 1.807) is 16.7 Å². The van der Waals surface area contributed by atoms with Gasteiger partial charge in [-0.25, -0.2) is 4.79 Å². The SMILES string of the molecule is Cc1ccn2c(C=C(C#N)C(=O)O)c(OCC(C)C)nc2c1. The molecule has 22 heavy (non-hydrogen) atoms. The quantitative estimate of drug-likeness (QED) is 0.677. The van der Waals surface area contributed by atoms with Crippen LogP contribution < -0.4 is 4.74 Å². The number of aliphatic carboxylic acids is 1. The molecule has 0 saturated carbocycles. The number of nitrogens with zero attached hydrogens (tertiary/aromatic N) is 3. The summed E-state index contributed by atoms with van der Waals surface area (Å²) >= 11 is 0. The van der Waals surface area contributed by atoms with Crippen LogP contribution in [0, 0.1) is 24.2 Å². The van der Waals surface area contributed by atoms with Crippen LogP contribution in [-0.4, -0.2) is 27.1 Å². The monoisotopic (exact) mass is 299 g/mol. The van der Waals surface area contributed by atoms with Crippen molar-refractivity contribution in [2.75, 3.05) is 6.61 Å². The summed E-state index contributed by atoms with van der Waals surface area (Å²) in [4.78, 5) is 15.4. The lowest BCUT2D eigenvalue weighted by atomic mass is 10.2. The minimum absolute atomic E-state index is 0.304. The van der Waals surface area contributed by atoms with Gasteiger partial charge in [0.25, 0.3) is 0 Å². The highest BCUT2D eigenvalue weighted by atomic mass is 16.5. The number of aryl methyl sites for hydroxylation is 1. The molecule has 2 rings (SSSR count). The summed E-state index contributed by atoms with van der Waals surface area (Å²) in [6.07, 6.45) is 3.07. The molecule has 0 radical (unpaired) electrons. The number of rotatable bonds is 5. The normalized spacial score (nSPS) is 11.7. The molecule has 0 spiro atoms. The Morgan fingerprint density at radius 2 is 2.32 bits per heavy atom. The number of pyridine rings is 1. The molecule has 0 amide bonds. The topological polar surface area (TPSA) is 87.6 Å². The van der Waals surface area contributed by atoms with Crippen LogP contribution in [0.3, 0.4) is 0 Å². The number of aromatic nitrogens is 2. The molecule has 2 aromatic rings. The van der Waals surface area contributed by atoms with E-state index in [0.717, 1.165) is 5.56 Å². The molecule has 2 heterocycles. The van der Waals surface area contributed by atoms with Gasteiger partial charge < -0.3 is 9.84 Å². The zero-order valence-corrected chi connectivity index (χ0v) is 12.7. The second-order valence-electron chi connectivity index (χ2n) is 5.41. The van der Waals surface area contributed by atoms with Crippen LogP contribution in [0.15, 0.2) is 23.9 Å². The number of imidazole rings is 1. The first-order chi connectivity index (χ1) is 10.4. The molecule has 6 nitrogen and oxygen atoms in total. The molecular formula is C16H17N3O3. The second kappa shape index (κ2) is 6.31. The number of carboxylic acid groups (broad SMARTS) is 1. The maximum absolute atomic E-state index is 11.1. The Morgan fingerprint density at radius 3 is 2.91 bits per heavy atom. The van der Waals surface area contributed by atoms with Gasteiger partial charge in [-0.05, 0) is 36.6 Å². The smallest absolute Gasteiger partial charge is 0.346 e. The summed E-state index contributed by atoms with van der Waals surface area (Å²) in [6.45, 7) is 6.41. The molecule has 6 heteroatoms. The van der Waals surface area contributed by atoms with Crippen molar-refractivity contribution in [2.45, 2.75) is 20.8 Å². The number of nitriles is 1. The molecule has 0 saturated heterocycles. The average Bonchev–Trinajstić information content (AvgIpc) is 2.78. The van der Waals surface area contributed by atoms with Crippen molar-refractivity contribution in [1.82, 2.24) is 9.38 Å². The first-order valence-electron chi connectivity index (χ1n) is 6.89. The molecule has 2 aromatic heterocycles. The van der Waals surface area contributed by atoms with Crippen LogP contribution in [0.2, 0.25) is 0 Å². The van der Waals surface area contributed by atoms with E-state index in [9.17, 15) is 4.79 Å². The van der Waals surface area contributed by atoms with Crippen LogP contribution in [0.5, 0.6) is 5.88 Å². The Kier molecular flexibility index (Phi) is 4.47. The van der Waals surface area contributed by atoms with Crippen molar-refractivity contribution in [3.63, 3.8) is 0 Å². The molecule has 0 unspecified atom stereocenters.